The Balaban J connectivity index is 1.47. The zero-order chi connectivity index (χ0) is 26.6. The number of anilines is 2. The first-order chi connectivity index (χ1) is 18.4. The number of hydrogen-bond acceptors (Lipinski definition) is 2. The smallest absolute Gasteiger partial charge is 0.272 e. The molecule has 4 aromatic carbocycles. The lowest BCUT2D eigenvalue weighted by atomic mass is 10.1. The van der Waals surface area contributed by atoms with Crippen LogP contribution in [0.4, 0.5) is 15.8 Å². The minimum atomic E-state index is -0.336. The molecular formula is C32H28FN3O2. The van der Waals surface area contributed by atoms with E-state index in [9.17, 15) is 14.0 Å². The topological polar surface area (TPSA) is 63.1 Å². The number of rotatable bonds is 7. The molecule has 0 spiro atoms. The lowest BCUT2D eigenvalue weighted by Crippen LogP contribution is -2.17. The van der Waals surface area contributed by atoms with Crippen LogP contribution in [0.1, 0.15) is 32.7 Å². The molecule has 1 heterocycles. The summed E-state index contributed by atoms with van der Waals surface area (Å²) >= 11 is 0. The SMILES string of the molecule is Cc1ccc(C)c(Cn2c(C(=O)Nc3ccccc3)cc3cc(NC(=O)Cc4ccc(F)cc4)ccc32)c1. The van der Waals surface area contributed by atoms with Crippen LogP contribution in [-0.4, -0.2) is 16.4 Å². The number of carbonyl (C=O) groups excluding carboxylic acids is 2. The van der Waals surface area contributed by atoms with Crippen molar-refractivity contribution in [2.24, 2.45) is 0 Å². The van der Waals surface area contributed by atoms with Crippen molar-refractivity contribution in [3.05, 3.63) is 131 Å². The van der Waals surface area contributed by atoms with Gasteiger partial charge in [0.15, 0.2) is 0 Å². The molecule has 38 heavy (non-hydrogen) atoms. The van der Waals surface area contributed by atoms with Crippen LogP contribution in [0.15, 0.2) is 97.1 Å². The number of fused-ring (bicyclic) bond motifs is 1. The second-order valence-corrected chi connectivity index (χ2v) is 9.49. The maximum atomic E-state index is 13.4. The number of nitrogens with one attached hydrogen (secondary N) is 2. The molecule has 0 unspecified atom stereocenters. The highest BCUT2D eigenvalue weighted by Crippen LogP contribution is 2.27. The molecule has 5 nitrogen and oxygen atoms in total. The molecule has 5 aromatic rings. The average molecular weight is 506 g/mol. The molecule has 1 aromatic heterocycles. The molecule has 2 N–H and O–H groups in total. The number of amides is 2. The molecule has 0 saturated heterocycles. The average Bonchev–Trinajstić information content (AvgIpc) is 3.26. The highest BCUT2D eigenvalue weighted by atomic mass is 19.1. The van der Waals surface area contributed by atoms with E-state index in [4.69, 9.17) is 0 Å². The maximum absolute atomic E-state index is 13.4. The Bertz CT molecular complexity index is 1620. The minimum Gasteiger partial charge on any atom is -0.332 e. The van der Waals surface area contributed by atoms with Crippen molar-refractivity contribution in [3.63, 3.8) is 0 Å². The van der Waals surface area contributed by atoms with Crippen molar-refractivity contribution in [1.82, 2.24) is 4.57 Å². The van der Waals surface area contributed by atoms with Crippen molar-refractivity contribution < 1.29 is 14.0 Å². The number of benzene rings is 4. The molecule has 0 fully saturated rings. The number of aryl methyl sites for hydroxylation is 2. The van der Waals surface area contributed by atoms with Gasteiger partial charge in [-0.15, -0.1) is 0 Å². The number of carbonyl (C=O) groups is 2. The summed E-state index contributed by atoms with van der Waals surface area (Å²) in [6, 6.07) is 29.0. The summed E-state index contributed by atoms with van der Waals surface area (Å²) in [5, 5.41) is 6.75. The Morgan fingerprint density at radius 2 is 1.55 bits per heavy atom. The predicted molar refractivity (Wildman–Crippen MR) is 150 cm³/mol. The fourth-order valence-electron chi connectivity index (χ4n) is 4.56. The van der Waals surface area contributed by atoms with Gasteiger partial charge in [0.2, 0.25) is 5.91 Å². The lowest BCUT2D eigenvalue weighted by Gasteiger charge is -2.14. The van der Waals surface area contributed by atoms with Gasteiger partial charge in [0.1, 0.15) is 11.5 Å². The van der Waals surface area contributed by atoms with Gasteiger partial charge in [-0.3, -0.25) is 9.59 Å². The summed E-state index contributed by atoms with van der Waals surface area (Å²) in [6.45, 7) is 4.66. The van der Waals surface area contributed by atoms with Crippen LogP contribution in [0.3, 0.4) is 0 Å². The Morgan fingerprint density at radius 1 is 0.789 bits per heavy atom. The zero-order valence-electron chi connectivity index (χ0n) is 21.3. The fourth-order valence-corrected chi connectivity index (χ4v) is 4.56. The van der Waals surface area contributed by atoms with Crippen LogP contribution in [0.5, 0.6) is 0 Å². The molecule has 0 aliphatic heterocycles. The lowest BCUT2D eigenvalue weighted by molar-refractivity contribution is -0.115. The predicted octanol–water partition coefficient (Wildman–Crippen LogP) is 6.88. The van der Waals surface area contributed by atoms with Crippen molar-refractivity contribution in [2.45, 2.75) is 26.8 Å². The van der Waals surface area contributed by atoms with E-state index in [0.717, 1.165) is 38.8 Å². The minimum absolute atomic E-state index is 0.136. The van der Waals surface area contributed by atoms with Crippen LogP contribution >= 0.6 is 0 Å². The van der Waals surface area contributed by atoms with Gasteiger partial charge < -0.3 is 15.2 Å². The van der Waals surface area contributed by atoms with E-state index in [0.29, 0.717) is 17.9 Å². The fraction of sp³-hybridized carbons (Fsp3) is 0.125. The molecule has 0 aliphatic rings. The second-order valence-electron chi connectivity index (χ2n) is 9.49. The van der Waals surface area contributed by atoms with Crippen LogP contribution in [0.25, 0.3) is 10.9 Å². The van der Waals surface area contributed by atoms with E-state index in [2.05, 4.69) is 42.7 Å². The number of para-hydroxylation sites is 1. The molecule has 0 bridgehead atoms. The van der Waals surface area contributed by atoms with Gasteiger partial charge in [0.05, 0.1) is 6.42 Å². The van der Waals surface area contributed by atoms with Crippen LogP contribution in [-0.2, 0) is 17.8 Å². The molecule has 2 amide bonds. The normalized spacial score (nSPS) is 10.9. The van der Waals surface area contributed by atoms with Gasteiger partial charge in [-0.25, -0.2) is 4.39 Å². The van der Waals surface area contributed by atoms with E-state index in [1.807, 2.05) is 59.2 Å². The number of aromatic nitrogens is 1. The van der Waals surface area contributed by atoms with Gasteiger partial charge >= 0.3 is 0 Å². The molecule has 190 valence electrons. The quantitative estimate of drug-likeness (QED) is 0.253. The highest BCUT2D eigenvalue weighted by Gasteiger charge is 2.18. The van der Waals surface area contributed by atoms with Crippen LogP contribution < -0.4 is 10.6 Å². The van der Waals surface area contributed by atoms with E-state index < -0.39 is 0 Å². The summed E-state index contributed by atoms with van der Waals surface area (Å²) in [7, 11) is 0. The standard InChI is InChI=1S/C32H28FN3O2/c1-21-8-9-22(2)25(16-21)20-36-29-15-14-28(34-31(37)17-23-10-12-26(33)13-11-23)18-24(29)19-30(36)32(38)35-27-6-4-3-5-7-27/h3-16,18-19H,17,20H2,1-2H3,(H,34,37)(H,35,38). The number of hydrogen-bond donors (Lipinski definition) is 2. The molecule has 0 radical (unpaired) electrons. The van der Waals surface area contributed by atoms with Crippen molar-refractivity contribution in [2.75, 3.05) is 10.6 Å². The van der Waals surface area contributed by atoms with Gasteiger partial charge in [0.25, 0.3) is 5.91 Å². The van der Waals surface area contributed by atoms with Gasteiger partial charge in [-0.1, -0.05) is 54.1 Å². The monoisotopic (exact) mass is 505 g/mol. The summed E-state index contributed by atoms with van der Waals surface area (Å²) in [5.74, 6) is -0.746. The molecule has 6 heteroatoms. The Hall–Kier alpha value is -4.71. The van der Waals surface area contributed by atoms with Crippen molar-refractivity contribution in [3.8, 4) is 0 Å². The summed E-state index contributed by atoms with van der Waals surface area (Å²) < 4.78 is 15.2. The third kappa shape index (κ3) is 5.65. The number of halogens is 1. The Kier molecular flexibility index (Phi) is 7.05. The van der Waals surface area contributed by atoms with E-state index in [1.165, 1.54) is 12.1 Å². The highest BCUT2D eigenvalue weighted by molar-refractivity contribution is 6.07. The van der Waals surface area contributed by atoms with Gasteiger partial charge in [-0.05, 0) is 79.1 Å². The van der Waals surface area contributed by atoms with Crippen molar-refractivity contribution in [1.29, 1.82) is 0 Å². The summed E-state index contributed by atoms with van der Waals surface area (Å²) in [6.07, 6.45) is 0.136. The first kappa shape index (κ1) is 25.0. The Labute approximate surface area is 220 Å². The van der Waals surface area contributed by atoms with E-state index in [1.54, 1.807) is 12.1 Å². The summed E-state index contributed by atoms with van der Waals surface area (Å²) in [5.41, 5.74) is 6.93. The number of nitrogens with zero attached hydrogens (tertiary/aromatic N) is 1. The Morgan fingerprint density at radius 3 is 2.32 bits per heavy atom. The zero-order valence-corrected chi connectivity index (χ0v) is 21.3. The van der Waals surface area contributed by atoms with E-state index >= 15 is 0 Å². The first-order valence-electron chi connectivity index (χ1n) is 12.5. The largest absolute Gasteiger partial charge is 0.332 e. The van der Waals surface area contributed by atoms with Gasteiger partial charge in [0, 0.05) is 28.8 Å². The van der Waals surface area contributed by atoms with Crippen LogP contribution in [0.2, 0.25) is 0 Å². The van der Waals surface area contributed by atoms with Crippen molar-refractivity contribution >= 4 is 34.1 Å². The summed E-state index contributed by atoms with van der Waals surface area (Å²) in [4.78, 5) is 26.0. The molecular weight excluding hydrogens is 477 g/mol. The van der Waals surface area contributed by atoms with E-state index in [-0.39, 0.29) is 24.1 Å². The maximum Gasteiger partial charge on any atom is 0.272 e. The van der Waals surface area contributed by atoms with Gasteiger partial charge in [-0.2, -0.15) is 0 Å². The first-order valence-corrected chi connectivity index (χ1v) is 12.5. The third-order valence-corrected chi connectivity index (χ3v) is 6.56. The third-order valence-electron chi connectivity index (χ3n) is 6.56. The second kappa shape index (κ2) is 10.7. The molecule has 0 saturated carbocycles. The molecule has 0 atom stereocenters. The molecule has 5 rings (SSSR count). The molecule has 0 aliphatic carbocycles. The van der Waals surface area contributed by atoms with Crippen LogP contribution in [0, 0.1) is 19.7 Å².